The van der Waals surface area contributed by atoms with Crippen LogP contribution in [0.25, 0.3) is 0 Å². The normalized spacial score (nSPS) is 20.0. The van der Waals surface area contributed by atoms with E-state index in [1.807, 2.05) is 0 Å². The van der Waals surface area contributed by atoms with E-state index in [0.29, 0.717) is 18.4 Å². The van der Waals surface area contributed by atoms with Crippen LogP contribution in [0.3, 0.4) is 0 Å². The molecule has 0 aromatic carbocycles. The van der Waals surface area contributed by atoms with Gasteiger partial charge >= 0.3 is 5.97 Å². The monoisotopic (exact) mass is 285 g/mol. The molecule has 118 valence electrons. The number of hydrogen-bond acceptors (Lipinski definition) is 4. The summed E-state index contributed by atoms with van der Waals surface area (Å²) < 4.78 is 11.0. The highest BCUT2D eigenvalue weighted by Gasteiger charge is 2.52. The largest absolute Gasteiger partial charge is 0.468 e. The number of rotatable bonds is 9. The lowest BCUT2D eigenvalue weighted by Gasteiger charge is -2.35. The van der Waals surface area contributed by atoms with Gasteiger partial charge in [-0.25, -0.2) is 4.79 Å². The molecule has 1 aliphatic carbocycles. The van der Waals surface area contributed by atoms with Gasteiger partial charge in [-0.1, -0.05) is 13.8 Å². The maximum Gasteiger partial charge on any atom is 0.328 e. The highest BCUT2D eigenvalue weighted by atomic mass is 16.5. The zero-order valence-electron chi connectivity index (χ0n) is 13.9. The van der Waals surface area contributed by atoms with Gasteiger partial charge in [-0.15, -0.1) is 0 Å². The molecule has 0 aromatic heterocycles. The van der Waals surface area contributed by atoms with E-state index in [4.69, 9.17) is 9.47 Å². The second-order valence-corrected chi connectivity index (χ2v) is 6.79. The predicted molar refractivity (Wildman–Crippen MR) is 80.6 cm³/mol. The summed E-state index contributed by atoms with van der Waals surface area (Å²) in [6.07, 6.45) is 3.30. The van der Waals surface area contributed by atoms with E-state index in [1.54, 1.807) is 0 Å². The Bertz CT molecular complexity index is 313. The Morgan fingerprint density at radius 2 is 1.85 bits per heavy atom. The Labute approximate surface area is 123 Å². The molecule has 1 N–H and O–H groups in total. The smallest absolute Gasteiger partial charge is 0.328 e. The summed E-state index contributed by atoms with van der Waals surface area (Å²) in [5.74, 6) is 0.741. The Hall–Kier alpha value is -0.610. The van der Waals surface area contributed by atoms with Crippen molar-refractivity contribution in [1.82, 2.24) is 5.32 Å². The summed E-state index contributed by atoms with van der Waals surface area (Å²) in [4.78, 5) is 12.3. The van der Waals surface area contributed by atoms with E-state index in [2.05, 4.69) is 39.9 Å². The first-order valence-corrected chi connectivity index (χ1v) is 7.79. The lowest BCUT2D eigenvalue weighted by Crippen LogP contribution is -2.60. The van der Waals surface area contributed by atoms with Crippen LogP contribution in [0.4, 0.5) is 0 Å². The Morgan fingerprint density at radius 3 is 2.25 bits per heavy atom. The number of ether oxygens (including phenoxy) is 2. The highest BCUT2D eigenvalue weighted by Crippen LogP contribution is 2.41. The Kier molecular flexibility index (Phi) is 6.46. The van der Waals surface area contributed by atoms with Crippen LogP contribution in [-0.4, -0.2) is 37.4 Å². The topological polar surface area (TPSA) is 47.6 Å². The average molecular weight is 285 g/mol. The molecule has 0 spiro atoms. The van der Waals surface area contributed by atoms with E-state index in [0.717, 1.165) is 19.3 Å². The van der Waals surface area contributed by atoms with Gasteiger partial charge in [0.1, 0.15) is 5.54 Å². The van der Waals surface area contributed by atoms with Crippen LogP contribution >= 0.6 is 0 Å². The summed E-state index contributed by atoms with van der Waals surface area (Å²) in [5.41, 5.74) is -0.672. The fourth-order valence-corrected chi connectivity index (χ4v) is 2.84. The van der Waals surface area contributed by atoms with Crippen molar-refractivity contribution in [2.24, 2.45) is 11.8 Å². The van der Waals surface area contributed by atoms with Crippen molar-refractivity contribution in [3.63, 3.8) is 0 Å². The first kappa shape index (κ1) is 17.4. The summed E-state index contributed by atoms with van der Waals surface area (Å²) in [7, 11) is 1.46. The van der Waals surface area contributed by atoms with Gasteiger partial charge in [0.05, 0.1) is 19.8 Å². The number of carbonyl (C=O) groups excluding carboxylic acids is 1. The van der Waals surface area contributed by atoms with Crippen molar-refractivity contribution in [1.29, 1.82) is 0 Å². The third kappa shape index (κ3) is 4.74. The zero-order valence-corrected chi connectivity index (χ0v) is 13.9. The summed E-state index contributed by atoms with van der Waals surface area (Å²) in [6.45, 7) is 10.9. The van der Waals surface area contributed by atoms with Crippen LogP contribution in [0, 0.1) is 11.8 Å². The lowest BCUT2D eigenvalue weighted by atomic mass is 9.92. The molecule has 0 aliphatic heterocycles. The minimum absolute atomic E-state index is 0.159. The molecular weight excluding hydrogens is 254 g/mol. The molecule has 0 saturated heterocycles. The molecule has 1 fully saturated rings. The minimum atomic E-state index is -0.672. The molecule has 1 rings (SSSR count). The molecule has 4 heteroatoms. The SMILES string of the molecule is COC(=O)C(COC(C)CC(C)C)(NC(C)C)C1CC1. The second-order valence-electron chi connectivity index (χ2n) is 6.79. The first-order valence-electron chi connectivity index (χ1n) is 7.79. The van der Waals surface area contributed by atoms with E-state index < -0.39 is 5.54 Å². The predicted octanol–water partition coefficient (Wildman–Crippen LogP) is 2.76. The van der Waals surface area contributed by atoms with Crippen molar-refractivity contribution < 1.29 is 14.3 Å². The maximum atomic E-state index is 12.3. The zero-order chi connectivity index (χ0) is 15.3. The van der Waals surface area contributed by atoms with Crippen molar-refractivity contribution in [2.45, 2.75) is 71.6 Å². The van der Waals surface area contributed by atoms with Gasteiger partial charge in [-0.3, -0.25) is 5.32 Å². The van der Waals surface area contributed by atoms with E-state index in [9.17, 15) is 4.79 Å². The second kappa shape index (κ2) is 7.41. The van der Waals surface area contributed by atoms with Crippen LogP contribution in [0.15, 0.2) is 0 Å². The van der Waals surface area contributed by atoms with Gasteiger partial charge in [0.25, 0.3) is 0 Å². The van der Waals surface area contributed by atoms with E-state index >= 15 is 0 Å². The summed E-state index contributed by atoms with van der Waals surface area (Å²) >= 11 is 0. The Morgan fingerprint density at radius 1 is 1.25 bits per heavy atom. The molecule has 0 aromatic rings. The fraction of sp³-hybridized carbons (Fsp3) is 0.938. The molecule has 2 unspecified atom stereocenters. The van der Waals surface area contributed by atoms with E-state index in [1.165, 1.54) is 7.11 Å². The van der Waals surface area contributed by atoms with Gasteiger partial charge in [-0.05, 0) is 51.9 Å². The van der Waals surface area contributed by atoms with Crippen LogP contribution in [-0.2, 0) is 14.3 Å². The number of hydrogen-bond donors (Lipinski definition) is 1. The molecule has 4 nitrogen and oxygen atoms in total. The van der Waals surface area contributed by atoms with Gasteiger partial charge in [0.2, 0.25) is 0 Å². The molecule has 0 radical (unpaired) electrons. The first-order chi connectivity index (χ1) is 9.31. The number of esters is 1. The van der Waals surface area contributed by atoms with Gasteiger partial charge < -0.3 is 9.47 Å². The highest BCUT2D eigenvalue weighted by molar-refractivity contribution is 5.82. The summed E-state index contributed by atoms with van der Waals surface area (Å²) in [5, 5.41) is 3.42. The van der Waals surface area contributed by atoms with Crippen LogP contribution < -0.4 is 5.32 Å². The number of methoxy groups -OCH3 is 1. The van der Waals surface area contributed by atoms with Crippen molar-refractivity contribution in [3.05, 3.63) is 0 Å². The molecule has 0 bridgehead atoms. The van der Waals surface area contributed by atoms with Gasteiger partial charge in [0, 0.05) is 6.04 Å². The Balaban J connectivity index is 2.73. The van der Waals surface area contributed by atoms with Crippen LogP contribution in [0.2, 0.25) is 0 Å². The van der Waals surface area contributed by atoms with Gasteiger partial charge in [0.15, 0.2) is 0 Å². The molecule has 0 heterocycles. The minimum Gasteiger partial charge on any atom is -0.468 e. The third-order valence-corrected chi connectivity index (χ3v) is 3.77. The van der Waals surface area contributed by atoms with Crippen molar-refractivity contribution in [3.8, 4) is 0 Å². The van der Waals surface area contributed by atoms with Crippen LogP contribution in [0.1, 0.15) is 53.9 Å². The standard InChI is InChI=1S/C16H31NO3/c1-11(2)9-13(5)20-10-16(14-7-8-14,15(18)19-6)17-12(3)4/h11-14,17H,7-10H2,1-6H3. The average Bonchev–Trinajstić information content (AvgIpc) is 3.16. The third-order valence-electron chi connectivity index (χ3n) is 3.77. The molecular formula is C16H31NO3. The molecule has 20 heavy (non-hydrogen) atoms. The molecule has 1 saturated carbocycles. The molecule has 1 aliphatic rings. The maximum absolute atomic E-state index is 12.3. The fourth-order valence-electron chi connectivity index (χ4n) is 2.84. The quantitative estimate of drug-likeness (QED) is 0.662. The number of nitrogens with one attached hydrogen (secondary N) is 1. The lowest BCUT2D eigenvalue weighted by molar-refractivity contribution is -0.154. The summed E-state index contributed by atoms with van der Waals surface area (Å²) in [6, 6.07) is 0.221. The molecule has 0 amide bonds. The van der Waals surface area contributed by atoms with Gasteiger partial charge in [-0.2, -0.15) is 0 Å². The molecule has 2 atom stereocenters. The van der Waals surface area contributed by atoms with Crippen molar-refractivity contribution in [2.75, 3.05) is 13.7 Å². The van der Waals surface area contributed by atoms with Crippen LogP contribution in [0.5, 0.6) is 0 Å². The number of carbonyl (C=O) groups is 1. The van der Waals surface area contributed by atoms with Crippen molar-refractivity contribution >= 4 is 5.97 Å². The van der Waals surface area contributed by atoms with E-state index in [-0.39, 0.29) is 18.1 Å².